The summed E-state index contributed by atoms with van der Waals surface area (Å²) >= 11 is 0. The molecule has 1 aliphatic rings. The first-order valence-corrected chi connectivity index (χ1v) is 4.62. The Morgan fingerprint density at radius 3 is 2.93 bits per heavy atom. The molecule has 1 aromatic heterocycles. The van der Waals surface area contributed by atoms with Crippen LogP contribution in [0.4, 0.5) is 10.2 Å². The molecule has 0 saturated heterocycles. The lowest BCUT2D eigenvalue weighted by Crippen LogP contribution is -2.30. The Labute approximate surface area is 86.7 Å². The summed E-state index contributed by atoms with van der Waals surface area (Å²) in [6.07, 6.45) is 5.15. The van der Waals surface area contributed by atoms with Crippen LogP contribution in [0, 0.1) is 11.3 Å². The van der Waals surface area contributed by atoms with Gasteiger partial charge in [-0.3, -0.25) is 0 Å². The molecule has 0 N–H and O–H groups in total. The topological polar surface area (TPSA) is 52.8 Å². The minimum absolute atomic E-state index is 0.174. The third-order valence-electron chi connectivity index (χ3n) is 2.19. The molecule has 15 heavy (non-hydrogen) atoms. The van der Waals surface area contributed by atoms with E-state index >= 15 is 0 Å². The van der Waals surface area contributed by atoms with Crippen molar-refractivity contribution in [2.75, 3.05) is 18.0 Å². The highest BCUT2D eigenvalue weighted by Gasteiger charge is 2.17. The van der Waals surface area contributed by atoms with E-state index in [0.29, 0.717) is 18.8 Å². The number of anilines is 1. The van der Waals surface area contributed by atoms with E-state index in [1.807, 2.05) is 6.07 Å². The molecular formula is C10H9FN4. The molecule has 76 valence electrons. The fourth-order valence-corrected chi connectivity index (χ4v) is 1.52. The van der Waals surface area contributed by atoms with Gasteiger partial charge in [0.15, 0.2) is 11.5 Å². The Hall–Kier alpha value is -1.96. The third kappa shape index (κ3) is 1.94. The van der Waals surface area contributed by atoms with Gasteiger partial charge in [0.2, 0.25) is 0 Å². The summed E-state index contributed by atoms with van der Waals surface area (Å²) < 4.78 is 13.0. The van der Waals surface area contributed by atoms with Gasteiger partial charge < -0.3 is 4.90 Å². The molecule has 0 radical (unpaired) electrons. The van der Waals surface area contributed by atoms with E-state index in [2.05, 4.69) is 9.97 Å². The van der Waals surface area contributed by atoms with E-state index in [-0.39, 0.29) is 18.1 Å². The number of rotatable bonds is 1. The van der Waals surface area contributed by atoms with Gasteiger partial charge in [0.05, 0.1) is 6.54 Å². The second-order valence-corrected chi connectivity index (χ2v) is 3.20. The largest absolute Gasteiger partial charge is 0.347 e. The molecule has 1 aromatic rings. The molecule has 2 heterocycles. The zero-order valence-corrected chi connectivity index (χ0v) is 8.02. The quantitative estimate of drug-likeness (QED) is 0.694. The van der Waals surface area contributed by atoms with E-state index in [0.717, 1.165) is 0 Å². The zero-order chi connectivity index (χ0) is 10.7. The standard InChI is InChI=1S/C10H9FN4/c11-8-2-1-5-15(7-8)10-9(6-12)13-3-4-14-10/h2-4H,1,5,7H2. The van der Waals surface area contributed by atoms with Crippen molar-refractivity contribution < 1.29 is 4.39 Å². The number of nitrogens with zero attached hydrogens (tertiary/aromatic N) is 4. The summed E-state index contributed by atoms with van der Waals surface area (Å²) in [4.78, 5) is 9.67. The van der Waals surface area contributed by atoms with Gasteiger partial charge in [-0.25, -0.2) is 14.4 Å². The Kier molecular flexibility index (Phi) is 2.59. The molecule has 0 aliphatic carbocycles. The van der Waals surface area contributed by atoms with Crippen LogP contribution in [0.25, 0.3) is 0 Å². The molecular weight excluding hydrogens is 195 g/mol. The average molecular weight is 204 g/mol. The van der Waals surface area contributed by atoms with Gasteiger partial charge in [-0.05, 0) is 12.5 Å². The van der Waals surface area contributed by atoms with Crippen molar-refractivity contribution in [2.24, 2.45) is 0 Å². The van der Waals surface area contributed by atoms with Crippen molar-refractivity contribution in [3.8, 4) is 6.07 Å². The van der Waals surface area contributed by atoms with E-state index in [1.54, 1.807) is 11.0 Å². The first-order chi connectivity index (χ1) is 7.31. The number of hydrogen-bond donors (Lipinski definition) is 0. The third-order valence-corrected chi connectivity index (χ3v) is 2.19. The van der Waals surface area contributed by atoms with Crippen LogP contribution in [0.2, 0.25) is 0 Å². The highest BCUT2D eigenvalue weighted by molar-refractivity contribution is 5.50. The van der Waals surface area contributed by atoms with Gasteiger partial charge in [-0.2, -0.15) is 5.26 Å². The summed E-state index contributed by atoms with van der Waals surface area (Å²) in [6.45, 7) is 0.841. The lowest BCUT2D eigenvalue weighted by molar-refractivity contribution is 0.572. The Bertz CT molecular complexity index is 435. The van der Waals surface area contributed by atoms with Crippen LogP contribution < -0.4 is 4.90 Å². The summed E-state index contributed by atoms with van der Waals surface area (Å²) in [5.74, 6) is 0.277. The molecule has 0 unspecified atom stereocenters. The van der Waals surface area contributed by atoms with Crippen molar-refractivity contribution in [3.05, 3.63) is 30.0 Å². The normalized spacial score (nSPS) is 15.7. The zero-order valence-electron chi connectivity index (χ0n) is 8.02. The SMILES string of the molecule is N#Cc1nccnc1N1CCC=C(F)C1. The molecule has 5 heteroatoms. The average Bonchev–Trinajstić information content (AvgIpc) is 2.29. The molecule has 0 fully saturated rings. The number of aromatic nitrogens is 2. The van der Waals surface area contributed by atoms with Crippen LogP contribution >= 0.6 is 0 Å². The monoisotopic (exact) mass is 204 g/mol. The molecule has 2 rings (SSSR count). The fourth-order valence-electron chi connectivity index (χ4n) is 1.52. The highest BCUT2D eigenvalue weighted by Crippen LogP contribution is 2.19. The van der Waals surface area contributed by atoms with Crippen molar-refractivity contribution in [3.63, 3.8) is 0 Å². The second-order valence-electron chi connectivity index (χ2n) is 3.20. The summed E-state index contributed by atoms with van der Waals surface area (Å²) in [5, 5.41) is 8.83. The lowest BCUT2D eigenvalue weighted by Gasteiger charge is -2.25. The first kappa shape index (κ1) is 9.59. The second kappa shape index (κ2) is 4.05. The Balaban J connectivity index is 2.30. The van der Waals surface area contributed by atoms with E-state index in [1.165, 1.54) is 12.4 Å². The van der Waals surface area contributed by atoms with Crippen LogP contribution in [0.3, 0.4) is 0 Å². The highest BCUT2D eigenvalue weighted by atomic mass is 19.1. The van der Waals surface area contributed by atoms with Crippen molar-refractivity contribution in [2.45, 2.75) is 6.42 Å². The molecule has 0 atom stereocenters. The number of hydrogen-bond acceptors (Lipinski definition) is 4. The van der Waals surface area contributed by atoms with E-state index in [4.69, 9.17) is 5.26 Å². The van der Waals surface area contributed by atoms with Gasteiger partial charge in [0.25, 0.3) is 0 Å². The van der Waals surface area contributed by atoms with Crippen LogP contribution in [-0.4, -0.2) is 23.1 Å². The molecule has 0 aromatic carbocycles. The van der Waals surface area contributed by atoms with Crippen molar-refractivity contribution in [1.29, 1.82) is 5.26 Å². The van der Waals surface area contributed by atoms with E-state index < -0.39 is 0 Å². The maximum Gasteiger partial charge on any atom is 0.183 e. The van der Waals surface area contributed by atoms with Gasteiger partial charge >= 0.3 is 0 Å². The maximum absolute atomic E-state index is 13.0. The minimum Gasteiger partial charge on any atom is -0.347 e. The van der Waals surface area contributed by atoms with Crippen LogP contribution in [0.5, 0.6) is 0 Å². The van der Waals surface area contributed by atoms with Crippen molar-refractivity contribution >= 4 is 5.82 Å². The van der Waals surface area contributed by atoms with Gasteiger partial charge in [0.1, 0.15) is 11.9 Å². The minimum atomic E-state index is -0.184. The summed E-state index contributed by atoms with van der Waals surface area (Å²) in [7, 11) is 0. The van der Waals surface area contributed by atoms with Crippen LogP contribution in [0.1, 0.15) is 12.1 Å². The summed E-state index contributed by atoms with van der Waals surface area (Å²) in [5.41, 5.74) is 0.243. The smallest absolute Gasteiger partial charge is 0.183 e. The molecule has 1 aliphatic heterocycles. The Morgan fingerprint density at radius 2 is 2.20 bits per heavy atom. The lowest BCUT2D eigenvalue weighted by atomic mass is 10.2. The first-order valence-electron chi connectivity index (χ1n) is 4.62. The van der Waals surface area contributed by atoms with Crippen molar-refractivity contribution in [1.82, 2.24) is 9.97 Å². The molecule has 0 bridgehead atoms. The molecule has 0 saturated carbocycles. The van der Waals surface area contributed by atoms with Gasteiger partial charge in [-0.15, -0.1) is 0 Å². The molecule has 0 amide bonds. The Morgan fingerprint density at radius 1 is 1.40 bits per heavy atom. The summed E-state index contributed by atoms with van der Waals surface area (Å²) in [6, 6.07) is 1.95. The van der Waals surface area contributed by atoms with Gasteiger partial charge in [0, 0.05) is 18.9 Å². The van der Waals surface area contributed by atoms with E-state index in [9.17, 15) is 4.39 Å². The van der Waals surface area contributed by atoms with Gasteiger partial charge in [-0.1, -0.05) is 0 Å². The number of nitriles is 1. The number of halogens is 1. The van der Waals surface area contributed by atoms with Crippen LogP contribution in [-0.2, 0) is 0 Å². The molecule has 0 spiro atoms. The fraction of sp³-hybridized carbons (Fsp3) is 0.300. The predicted molar refractivity (Wildman–Crippen MR) is 52.8 cm³/mol. The molecule has 4 nitrogen and oxygen atoms in total. The van der Waals surface area contributed by atoms with Crippen LogP contribution in [0.15, 0.2) is 24.3 Å². The predicted octanol–water partition coefficient (Wildman–Crippen LogP) is 1.41. The maximum atomic E-state index is 13.0.